The molecule has 1 rings (SSSR count). The van der Waals surface area contributed by atoms with E-state index in [9.17, 15) is 33.9 Å². The fourth-order valence-corrected chi connectivity index (χ4v) is 4.86. The summed E-state index contributed by atoms with van der Waals surface area (Å²) in [4.78, 5) is 70.3. The van der Waals surface area contributed by atoms with Crippen LogP contribution >= 0.6 is 12.8 Å². The standard InChI is InChI=1S/C30H53N5O12S.C2H6/c36-25(10-9-23(29(40)41)34-28(39)22-6-2-1-3-7-22)32-12-14-44-16-19-47-21-27(38)33-13-15-45-17-18-46-20-26(37)31-11-5-4-8-24(35-48)30(42)43;1-2/h22-24,35,48H,1-21H2,(H,31,37)(H,32,36)(H,33,38)(H,34,39)(H,40,41)(H,42,43);1-2H3/t23-,24?;/m0./s1. The summed E-state index contributed by atoms with van der Waals surface area (Å²) >= 11 is 3.77. The molecule has 1 aliphatic rings. The number of unbranched alkanes of at least 4 members (excludes halogenated alkanes) is 1. The minimum absolute atomic E-state index is 0.00428. The van der Waals surface area contributed by atoms with Gasteiger partial charge in [-0.3, -0.25) is 28.7 Å². The third-order valence-corrected chi connectivity index (χ3v) is 7.61. The van der Waals surface area contributed by atoms with Crippen molar-refractivity contribution in [3.8, 4) is 0 Å². The number of carbonyl (C=O) groups excluding carboxylic acids is 4. The lowest BCUT2D eigenvalue weighted by Crippen LogP contribution is -2.44. The molecule has 1 unspecified atom stereocenters. The van der Waals surface area contributed by atoms with Crippen LogP contribution in [0.5, 0.6) is 0 Å². The molecule has 2 atom stereocenters. The molecule has 0 radical (unpaired) electrons. The van der Waals surface area contributed by atoms with Crippen LogP contribution in [0.15, 0.2) is 0 Å². The van der Waals surface area contributed by atoms with Crippen molar-refractivity contribution in [2.75, 3.05) is 72.5 Å². The van der Waals surface area contributed by atoms with Gasteiger partial charge < -0.3 is 50.4 Å². The number of hydrogen-bond acceptors (Lipinski definition) is 12. The van der Waals surface area contributed by atoms with E-state index >= 15 is 0 Å². The second-order valence-electron chi connectivity index (χ2n) is 11.2. The highest BCUT2D eigenvalue weighted by molar-refractivity contribution is 7.78. The maximum Gasteiger partial charge on any atom is 0.326 e. The Morgan fingerprint density at radius 1 is 0.640 bits per heavy atom. The van der Waals surface area contributed by atoms with Gasteiger partial charge in [-0.25, -0.2) is 4.79 Å². The number of amides is 4. The molecule has 50 heavy (non-hydrogen) atoms. The van der Waals surface area contributed by atoms with Gasteiger partial charge in [0.2, 0.25) is 23.6 Å². The van der Waals surface area contributed by atoms with E-state index in [1.54, 1.807) is 0 Å². The highest BCUT2D eigenvalue weighted by Crippen LogP contribution is 2.23. The molecule has 1 fully saturated rings. The molecule has 290 valence electrons. The van der Waals surface area contributed by atoms with Crippen LogP contribution in [-0.4, -0.2) is 130 Å². The van der Waals surface area contributed by atoms with E-state index in [1.165, 1.54) is 0 Å². The molecule has 18 heteroatoms. The number of hydrogen-bond donors (Lipinski definition) is 8. The number of aliphatic carboxylic acids is 2. The van der Waals surface area contributed by atoms with Gasteiger partial charge in [-0.1, -0.05) is 45.9 Å². The summed E-state index contributed by atoms with van der Waals surface area (Å²) in [5, 5.41) is 28.8. The summed E-state index contributed by atoms with van der Waals surface area (Å²) in [7, 11) is 0. The summed E-state index contributed by atoms with van der Waals surface area (Å²) in [6, 6.07) is -1.83. The van der Waals surface area contributed by atoms with E-state index < -0.39 is 24.0 Å². The first-order chi connectivity index (χ1) is 24.1. The Balaban J connectivity index is 0.0000118. The van der Waals surface area contributed by atoms with Crippen LogP contribution in [0.3, 0.4) is 0 Å². The lowest BCUT2D eigenvalue weighted by molar-refractivity contribution is -0.143. The molecule has 7 N–H and O–H groups in total. The lowest BCUT2D eigenvalue weighted by Gasteiger charge is -2.23. The second kappa shape index (κ2) is 31.9. The van der Waals surface area contributed by atoms with Gasteiger partial charge >= 0.3 is 11.9 Å². The highest BCUT2D eigenvalue weighted by atomic mass is 32.1. The Labute approximate surface area is 300 Å². The van der Waals surface area contributed by atoms with Crippen LogP contribution in [0.25, 0.3) is 0 Å². The summed E-state index contributed by atoms with van der Waals surface area (Å²) in [6.45, 7) is 5.90. The Bertz CT molecular complexity index is 972. The highest BCUT2D eigenvalue weighted by Gasteiger charge is 2.26. The van der Waals surface area contributed by atoms with E-state index in [2.05, 4.69) is 38.8 Å². The van der Waals surface area contributed by atoms with Crippen molar-refractivity contribution >= 4 is 48.4 Å². The molecule has 0 aromatic heterocycles. The predicted octanol–water partition coefficient (Wildman–Crippen LogP) is 0.415. The SMILES string of the molecule is CC.O=C(CC[C@H](NC(=O)C1CCCCC1)C(=O)O)NCCOCCOCC(=O)NCCOCCOCC(=O)NCCCCC(NS)C(=O)O. The summed E-state index contributed by atoms with van der Waals surface area (Å²) in [6.07, 6.45) is 6.13. The Hall–Kier alpha value is -3.03. The third-order valence-electron chi connectivity index (χ3n) is 7.29. The van der Waals surface area contributed by atoms with Gasteiger partial charge in [-0.05, 0) is 38.5 Å². The molecule has 1 aliphatic carbocycles. The van der Waals surface area contributed by atoms with E-state index in [0.717, 1.165) is 32.1 Å². The van der Waals surface area contributed by atoms with E-state index in [4.69, 9.17) is 24.1 Å². The molecule has 0 saturated heterocycles. The average Bonchev–Trinajstić information content (AvgIpc) is 3.11. The zero-order valence-corrected chi connectivity index (χ0v) is 30.4. The van der Waals surface area contributed by atoms with Crippen LogP contribution < -0.4 is 26.0 Å². The first kappa shape index (κ1) is 47.0. The van der Waals surface area contributed by atoms with Crippen LogP contribution in [0.1, 0.15) is 78.1 Å². The zero-order chi connectivity index (χ0) is 37.4. The molecule has 0 bridgehead atoms. The van der Waals surface area contributed by atoms with Crippen LogP contribution in [0, 0.1) is 5.92 Å². The van der Waals surface area contributed by atoms with Crippen molar-refractivity contribution in [3.63, 3.8) is 0 Å². The maximum absolute atomic E-state index is 12.3. The number of carboxylic acids is 2. The van der Waals surface area contributed by atoms with Gasteiger partial charge in [0.25, 0.3) is 0 Å². The largest absolute Gasteiger partial charge is 0.480 e. The minimum atomic E-state index is -1.17. The van der Waals surface area contributed by atoms with Gasteiger partial charge in [0.05, 0.1) is 39.6 Å². The number of thiol groups is 1. The third kappa shape index (κ3) is 25.9. The monoisotopic (exact) mass is 737 g/mol. The van der Waals surface area contributed by atoms with Gasteiger partial charge in [0.15, 0.2) is 0 Å². The zero-order valence-electron chi connectivity index (χ0n) is 29.5. The number of ether oxygens (including phenoxy) is 4. The fraction of sp³-hybridized carbons (Fsp3) is 0.812. The molecule has 0 aromatic carbocycles. The molecule has 4 amide bonds. The Kier molecular flexibility index (Phi) is 30.0. The van der Waals surface area contributed by atoms with E-state index in [0.29, 0.717) is 25.8 Å². The van der Waals surface area contributed by atoms with Crippen molar-refractivity contribution < 1.29 is 57.9 Å². The topological polar surface area (TPSA) is 240 Å². The van der Waals surface area contributed by atoms with E-state index in [-0.39, 0.29) is 108 Å². The molecular weight excluding hydrogens is 678 g/mol. The van der Waals surface area contributed by atoms with Crippen LogP contribution in [-0.2, 0) is 47.7 Å². The van der Waals surface area contributed by atoms with Crippen molar-refractivity contribution in [2.24, 2.45) is 5.92 Å². The predicted molar refractivity (Wildman–Crippen MR) is 186 cm³/mol. The first-order valence-corrected chi connectivity index (χ1v) is 17.8. The Morgan fingerprint density at radius 3 is 1.66 bits per heavy atom. The average molecular weight is 738 g/mol. The first-order valence-electron chi connectivity index (χ1n) is 17.4. The molecule has 0 spiro atoms. The van der Waals surface area contributed by atoms with Gasteiger partial charge in [-0.15, -0.1) is 0 Å². The normalized spacial score (nSPS) is 14.0. The molecule has 1 saturated carbocycles. The smallest absolute Gasteiger partial charge is 0.326 e. The van der Waals surface area contributed by atoms with Crippen molar-refractivity contribution in [1.82, 2.24) is 26.0 Å². The number of rotatable bonds is 29. The number of carbonyl (C=O) groups is 6. The van der Waals surface area contributed by atoms with E-state index in [1.807, 2.05) is 13.8 Å². The van der Waals surface area contributed by atoms with Gasteiger partial charge in [-0.2, -0.15) is 0 Å². The molecule has 0 aromatic rings. The van der Waals surface area contributed by atoms with Crippen molar-refractivity contribution in [1.29, 1.82) is 0 Å². The second-order valence-corrected chi connectivity index (χ2v) is 11.4. The Morgan fingerprint density at radius 2 is 1.14 bits per heavy atom. The summed E-state index contributed by atoms with van der Waals surface area (Å²) in [5.74, 6) is -3.50. The molecule has 17 nitrogen and oxygen atoms in total. The minimum Gasteiger partial charge on any atom is -0.480 e. The number of nitrogens with one attached hydrogen (secondary N) is 5. The number of carboxylic acid groups (broad SMARTS) is 2. The van der Waals surface area contributed by atoms with Crippen molar-refractivity contribution in [2.45, 2.75) is 90.1 Å². The summed E-state index contributed by atoms with van der Waals surface area (Å²) in [5.41, 5.74) is 0. The lowest BCUT2D eigenvalue weighted by atomic mass is 9.88. The maximum atomic E-state index is 12.3. The van der Waals surface area contributed by atoms with Crippen LogP contribution in [0.2, 0.25) is 0 Å². The molecule has 0 heterocycles. The fourth-order valence-electron chi connectivity index (χ4n) is 4.62. The van der Waals surface area contributed by atoms with Gasteiger partial charge in [0, 0.05) is 32.0 Å². The van der Waals surface area contributed by atoms with Gasteiger partial charge in [0.1, 0.15) is 25.3 Å². The molecular formula is C32H59N5O12S. The quantitative estimate of drug-likeness (QED) is 0.0384. The summed E-state index contributed by atoms with van der Waals surface area (Å²) < 4.78 is 23.6. The molecule has 0 aliphatic heterocycles. The van der Waals surface area contributed by atoms with Crippen molar-refractivity contribution in [3.05, 3.63) is 0 Å². The van der Waals surface area contributed by atoms with Crippen LogP contribution in [0.4, 0.5) is 0 Å².